The van der Waals surface area contributed by atoms with E-state index in [1.54, 1.807) is 12.1 Å². The van der Waals surface area contributed by atoms with E-state index >= 15 is 0 Å². The average Bonchev–Trinajstić information content (AvgIpc) is 2.49. The van der Waals surface area contributed by atoms with Crippen molar-refractivity contribution in [2.45, 2.75) is 26.7 Å². The smallest absolute Gasteiger partial charge is 0.311 e. The van der Waals surface area contributed by atoms with Gasteiger partial charge in [-0.05, 0) is 38.0 Å². The molecule has 0 aliphatic carbocycles. The Kier molecular flexibility index (Phi) is 5.38. The molecule has 0 saturated carbocycles. The number of carbonyl (C=O) groups excluding carboxylic acids is 1. The van der Waals surface area contributed by atoms with Crippen LogP contribution in [0.15, 0.2) is 48.5 Å². The second kappa shape index (κ2) is 7.48. The van der Waals surface area contributed by atoms with Crippen LogP contribution in [0.5, 0.6) is 11.5 Å². The molecule has 0 radical (unpaired) electrons. The molecule has 2 aromatic rings. The number of hydrogen-bond acceptors (Lipinski definition) is 3. The lowest BCUT2D eigenvalue weighted by molar-refractivity contribution is -0.134. The molecule has 0 heterocycles. The molecular formula is C18H20O3. The monoisotopic (exact) mass is 284 g/mol. The lowest BCUT2D eigenvalue weighted by Crippen LogP contribution is -2.10. The van der Waals surface area contributed by atoms with Crippen molar-refractivity contribution in [2.24, 2.45) is 0 Å². The molecule has 0 bridgehead atoms. The summed E-state index contributed by atoms with van der Waals surface area (Å²) in [5.41, 5.74) is 2.35. The molecule has 2 aromatic carbocycles. The summed E-state index contributed by atoms with van der Waals surface area (Å²) in [4.78, 5) is 11.9. The highest BCUT2D eigenvalue weighted by Gasteiger charge is 2.09. The minimum absolute atomic E-state index is 0.247. The highest BCUT2D eigenvalue weighted by atomic mass is 16.6. The standard InChI is InChI=1S/C18H20O3/c1-3-20-16-6-4-5-7-17(16)21-18(19)13-12-15-10-8-14(2)9-11-15/h4-11H,3,12-13H2,1-2H3. The fourth-order valence-electron chi connectivity index (χ4n) is 1.98. The van der Waals surface area contributed by atoms with E-state index in [4.69, 9.17) is 9.47 Å². The van der Waals surface area contributed by atoms with Crippen LogP contribution in [0.25, 0.3) is 0 Å². The van der Waals surface area contributed by atoms with Gasteiger partial charge in [0.2, 0.25) is 0 Å². The Morgan fingerprint density at radius 2 is 1.67 bits per heavy atom. The first-order valence-corrected chi connectivity index (χ1v) is 7.17. The molecule has 3 heteroatoms. The van der Waals surface area contributed by atoms with Crippen molar-refractivity contribution in [3.8, 4) is 11.5 Å². The molecule has 2 rings (SSSR count). The second-order valence-corrected chi connectivity index (χ2v) is 4.84. The van der Waals surface area contributed by atoms with E-state index in [1.807, 2.05) is 50.2 Å². The number of ether oxygens (including phenoxy) is 2. The summed E-state index contributed by atoms with van der Waals surface area (Å²) in [5.74, 6) is 0.833. The topological polar surface area (TPSA) is 35.5 Å². The van der Waals surface area contributed by atoms with Crippen LogP contribution in [0, 0.1) is 6.92 Å². The Balaban J connectivity index is 1.91. The third-order valence-electron chi connectivity index (χ3n) is 3.11. The molecule has 0 spiro atoms. The summed E-state index contributed by atoms with van der Waals surface area (Å²) in [5, 5.41) is 0. The maximum Gasteiger partial charge on any atom is 0.311 e. The molecule has 0 unspecified atom stereocenters. The predicted octanol–water partition coefficient (Wildman–Crippen LogP) is 3.93. The van der Waals surface area contributed by atoms with Crippen molar-refractivity contribution in [3.05, 3.63) is 59.7 Å². The first kappa shape index (κ1) is 15.1. The van der Waals surface area contributed by atoms with E-state index in [0.717, 1.165) is 5.56 Å². The Hall–Kier alpha value is -2.29. The van der Waals surface area contributed by atoms with Crippen LogP contribution in [0.4, 0.5) is 0 Å². The van der Waals surface area contributed by atoms with Gasteiger partial charge in [-0.2, -0.15) is 0 Å². The van der Waals surface area contributed by atoms with E-state index in [2.05, 4.69) is 0 Å². The Bertz CT molecular complexity index is 588. The van der Waals surface area contributed by atoms with Gasteiger partial charge in [-0.3, -0.25) is 4.79 Å². The maximum atomic E-state index is 11.9. The van der Waals surface area contributed by atoms with E-state index in [1.165, 1.54) is 5.56 Å². The van der Waals surface area contributed by atoms with Crippen molar-refractivity contribution in [2.75, 3.05) is 6.61 Å². The highest BCUT2D eigenvalue weighted by molar-refractivity contribution is 5.73. The highest BCUT2D eigenvalue weighted by Crippen LogP contribution is 2.26. The number of rotatable bonds is 6. The third-order valence-corrected chi connectivity index (χ3v) is 3.11. The second-order valence-electron chi connectivity index (χ2n) is 4.84. The molecule has 0 saturated heterocycles. The van der Waals surface area contributed by atoms with Gasteiger partial charge in [-0.25, -0.2) is 0 Å². The molecule has 3 nitrogen and oxygen atoms in total. The number of carbonyl (C=O) groups is 1. The van der Waals surface area contributed by atoms with E-state index in [9.17, 15) is 4.79 Å². The van der Waals surface area contributed by atoms with Gasteiger partial charge in [0.1, 0.15) is 0 Å². The molecule has 21 heavy (non-hydrogen) atoms. The van der Waals surface area contributed by atoms with Crippen molar-refractivity contribution in [1.29, 1.82) is 0 Å². The van der Waals surface area contributed by atoms with Crippen LogP contribution in [0.3, 0.4) is 0 Å². The Morgan fingerprint density at radius 3 is 2.33 bits per heavy atom. The molecule has 0 aliphatic rings. The lowest BCUT2D eigenvalue weighted by atomic mass is 10.1. The Morgan fingerprint density at radius 1 is 1.00 bits per heavy atom. The Labute approximate surface area is 125 Å². The van der Waals surface area contributed by atoms with Gasteiger partial charge in [0, 0.05) is 6.42 Å². The van der Waals surface area contributed by atoms with Crippen LogP contribution in [-0.2, 0) is 11.2 Å². The van der Waals surface area contributed by atoms with Crippen molar-refractivity contribution >= 4 is 5.97 Å². The first-order valence-electron chi connectivity index (χ1n) is 7.17. The maximum absolute atomic E-state index is 11.9. The predicted molar refractivity (Wildman–Crippen MR) is 82.7 cm³/mol. The van der Waals surface area contributed by atoms with E-state index < -0.39 is 0 Å². The van der Waals surface area contributed by atoms with Gasteiger partial charge in [-0.15, -0.1) is 0 Å². The van der Waals surface area contributed by atoms with Crippen molar-refractivity contribution in [3.63, 3.8) is 0 Å². The largest absolute Gasteiger partial charge is 0.490 e. The molecule has 0 atom stereocenters. The van der Waals surface area contributed by atoms with Crippen LogP contribution in [-0.4, -0.2) is 12.6 Å². The normalized spacial score (nSPS) is 10.2. The van der Waals surface area contributed by atoms with E-state index in [-0.39, 0.29) is 5.97 Å². The van der Waals surface area contributed by atoms with E-state index in [0.29, 0.717) is 30.9 Å². The fourth-order valence-corrected chi connectivity index (χ4v) is 1.98. The van der Waals surface area contributed by atoms with Crippen LogP contribution >= 0.6 is 0 Å². The van der Waals surface area contributed by atoms with Crippen molar-refractivity contribution in [1.82, 2.24) is 0 Å². The molecule has 0 aliphatic heterocycles. The number of esters is 1. The third kappa shape index (κ3) is 4.63. The number of aryl methyl sites for hydroxylation is 2. The summed E-state index contributed by atoms with van der Waals surface area (Å²) in [7, 11) is 0. The van der Waals surface area contributed by atoms with Crippen LogP contribution in [0.2, 0.25) is 0 Å². The molecule has 0 amide bonds. The summed E-state index contributed by atoms with van der Waals surface area (Å²) in [6, 6.07) is 15.4. The summed E-state index contributed by atoms with van der Waals surface area (Å²) >= 11 is 0. The fraction of sp³-hybridized carbons (Fsp3) is 0.278. The lowest BCUT2D eigenvalue weighted by Gasteiger charge is -2.10. The first-order chi connectivity index (χ1) is 10.2. The van der Waals surface area contributed by atoms with Gasteiger partial charge < -0.3 is 9.47 Å². The zero-order valence-electron chi connectivity index (χ0n) is 12.5. The van der Waals surface area contributed by atoms with Gasteiger partial charge in [0.05, 0.1) is 6.61 Å². The molecule has 0 N–H and O–H groups in total. The quantitative estimate of drug-likeness (QED) is 0.595. The van der Waals surface area contributed by atoms with Gasteiger partial charge >= 0.3 is 5.97 Å². The minimum atomic E-state index is -0.247. The number of benzene rings is 2. The molecule has 0 fully saturated rings. The minimum Gasteiger partial charge on any atom is -0.490 e. The average molecular weight is 284 g/mol. The SMILES string of the molecule is CCOc1ccccc1OC(=O)CCc1ccc(C)cc1. The molecule has 110 valence electrons. The van der Waals surface area contributed by atoms with Crippen molar-refractivity contribution < 1.29 is 14.3 Å². The van der Waals surface area contributed by atoms with Gasteiger partial charge in [0.15, 0.2) is 11.5 Å². The summed E-state index contributed by atoms with van der Waals surface area (Å²) in [6.07, 6.45) is 1.03. The van der Waals surface area contributed by atoms with Crippen LogP contribution in [0.1, 0.15) is 24.5 Å². The number of para-hydroxylation sites is 2. The van der Waals surface area contributed by atoms with Gasteiger partial charge in [-0.1, -0.05) is 42.0 Å². The zero-order valence-corrected chi connectivity index (χ0v) is 12.5. The van der Waals surface area contributed by atoms with Crippen LogP contribution < -0.4 is 9.47 Å². The molecular weight excluding hydrogens is 264 g/mol. The molecule has 0 aromatic heterocycles. The zero-order chi connectivity index (χ0) is 15.1. The summed E-state index contributed by atoms with van der Waals surface area (Å²) in [6.45, 7) is 4.48. The number of hydrogen-bond donors (Lipinski definition) is 0. The summed E-state index contributed by atoms with van der Waals surface area (Å²) < 4.78 is 10.8. The van der Waals surface area contributed by atoms with Gasteiger partial charge in [0.25, 0.3) is 0 Å².